The number of thiazole rings is 1. The van der Waals surface area contributed by atoms with E-state index in [4.69, 9.17) is 23.7 Å². The molecule has 222 valence electrons. The number of ether oxygens (including phenoxy) is 5. The molecule has 1 aliphatic heterocycles. The maximum absolute atomic E-state index is 14.0. The third-order valence-corrected chi connectivity index (χ3v) is 7.31. The molecule has 42 heavy (non-hydrogen) atoms. The molecular weight excluding hydrogens is 560 g/mol. The van der Waals surface area contributed by atoms with Crippen molar-refractivity contribution in [2.75, 3.05) is 27.4 Å². The number of hydrogen-bond acceptors (Lipinski definition) is 10. The average Bonchev–Trinajstić information content (AvgIpc) is 3.25. The predicted molar refractivity (Wildman–Crippen MR) is 158 cm³/mol. The molecule has 0 saturated heterocycles. The molecule has 4 rings (SSSR count). The number of carbonyl (C=O) groups is 2. The number of esters is 2. The van der Waals surface area contributed by atoms with Crippen molar-refractivity contribution in [2.24, 2.45) is 10.9 Å². The Morgan fingerprint density at radius 1 is 1.05 bits per heavy atom. The predicted octanol–water partition coefficient (Wildman–Crippen LogP) is 3.78. The van der Waals surface area contributed by atoms with E-state index in [0.29, 0.717) is 38.7 Å². The van der Waals surface area contributed by atoms with Crippen LogP contribution in [0.1, 0.15) is 51.8 Å². The van der Waals surface area contributed by atoms with Crippen LogP contribution >= 0.6 is 11.3 Å². The molecule has 0 unspecified atom stereocenters. The van der Waals surface area contributed by atoms with Crippen LogP contribution in [0.3, 0.4) is 0 Å². The van der Waals surface area contributed by atoms with E-state index < -0.39 is 18.0 Å². The van der Waals surface area contributed by atoms with Crippen molar-refractivity contribution >= 4 is 29.4 Å². The quantitative estimate of drug-likeness (QED) is 0.257. The van der Waals surface area contributed by atoms with Crippen molar-refractivity contribution in [3.63, 3.8) is 0 Å². The van der Waals surface area contributed by atoms with Crippen LogP contribution < -0.4 is 33.8 Å². The fourth-order valence-electron chi connectivity index (χ4n) is 4.51. The topological polar surface area (TPSA) is 115 Å². The van der Waals surface area contributed by atoms with Gasteiger partial charge in [-0.2, -0.15) is 0 Å². The fourth-order valence-corrected chi connectivity index (χ4v) is 5.56. The van der Waals surface area contributed by atoms with Crippen LogP contribution in [0.5, 0.6) is 23.0 Å². The molecule has 1 atom stereocenters. The van der Waals surface area contributed by atoms with Crippen LogP contribution in [0.2, 0.25) is 0 Å². The van der Waals surface area contributed by atoms with Gasteiger partial charge in [0.15, 0.2) is 27.8 Å². The molecule has 11 heteroatoms. The van der Waals surface area contributed by atoms with Crippen molar-refractivity contribution in [3.05, 3.63) is 78.5 Å². The summed E-state index contributed by atoms with van der Waals surface area (Å²) < 4.78 is 29.3. The second kappa shape index (κ2) is 13.1. The Morgan fingerprint density at radius 3 is 2.38 bits per heavy atom. The van der Waals surface area contributed by atoms with E-state index in [0.717, 1.165) is 5.56 Å². The number of benzene rings is 2. The molecule has 10 nitrogen and oxygen atoms in total. The van der Waals surface area contributed by atoms with Gasteiger partial charge in [0.2, 0.25) is 0 Å². The number of methoxy groups -OCH3 is 2. The van der Waals surface area contributed by atoms with Crippen LogP contribution in [0.25, 0.3) is 6.08 Å². The summed E-state index contributed by atoms with van der Waals surface area (Å²) in [5.41, 5.74) is 1.63. The number of carbonyl (C=O) groups excluding carboxylic acids is 2. The number of fused-ring (bicyclic) bond motifs is 1. The van der Waals surface area contributed by atoms with Gasteiger partial charge in [0.05, 0.1) is 49.3 Å². The van der Waals surface area contributed by atoms with E-state index in [1.165, 1.54) is 29.9 Å². The molecule has 0 spiro atoms. The van der Waals surface area contributed by atoms with Gasteiger partial charge >= 0.3 is 11.9 Å². The van der Waals surface area contributed by atoms with Crippen molar-refractivity contribution in [3.8, 4) is 23.0 Å². The van der Waals surface area contributed by atoms with E-state index in [9.17, 15) is 14.4 Å². The summed E-state index contributed by atoms with van der Waals surface area (Å²) in [6.07, 6.45) is 1.75. The second-order valence-corrected chi connectivity index (χ2v) is 10.9. The Kier molecular flexibility index (Phi) is 9.52. The van der Waals surface area contributed by atoms with Gasteiger partial charge in [-0.3, -0.25) is 14.2 Å². The number of hydrogen-bond donors (Lipinski definition) is 0. The minimum Gasteiger partial charge on any atom is -0.493 e. The molecular formula is C31H34N2O8S. The molecule has 2 aromatic carbocycles. The van der Waals surface area contributed by atoms with Gasteiger partial charge in [-0.25, -0.2) is 9.79 Å². The van der Waals surface area contributed by atoms with Gasteiger partial charge in [0.1, 0.15) is 0 Å². The zero-order valence-electron chi connectivity index (χ0n) is 24.7. The molecule has 0 bridgehead atoms. The fraction of sp³-hybridized carbons (Fsp3) is 0.355. The molecule has 0 radical (unpaired) electrons. The Morgan fingerprint density at radius 2 is 1.74 bits per heavy atom. The zero-order valence-corrected chi connectivity index (χ0v) is 25.5. The van der Waals surface area contributed by atoms with E-state index in [-0.39, 0.29) is 35.2 Å². The summed E-state index contributed by atoms with van der Waals surface area (Å²) in [5.74, 6) is 0.680. The van der Waals surface area contributed by atoms with Crippen LogP contribution in [0.15, 0.2) is 57.5 Å². The Bertz CT molecular complexity index is 1720. The summed E-state index contributed by atoms with van der Waals surface area (Å²) in [6, 6.07) is 9.46. The molecule has 0 N–H and O–H groups in total. The average molecular weight is 595 g/mol. The van der Waals surface area contributed by atoms with Crippen LogP contribution in [-0.2, 0) is 14.3 Å². The summed E-state index contributed by atoms with van der Waals surface area (Å²) >= 11 is 1.21. The van der Waals surface area contributed by atoms with Crippen molar-refractivity contribution in [2.45, 2.75) is 40.7 Å². The van der Waals surface area contributed by atoms with E-state index in [1.807, 2.05) is 26.8 Å². The Labute approximate surface area is 247 Å². The largest absolute Gasteiger partial charge is 0.493 e. The Hall–Kier alpha value is -4.38. The van der Waals surface area contributed by atoms with Crippen LogP contribution in [-0.4, -0.2) is 43.9 Å². The van der Waals surface area contributed by atoms with E-state index in [2.05, 4.69) is 4.99 Å². The zero-order chi connectivity index (χ0) is 30.6. The lowest BCUT2D eigenvalue weighted by atomic mass is 9.95. The number of nitrogens with zero attached hydrogens (tertiary/aromatic N) is 2. The van der Waals surface area contributed by atoms with Crippen molar-refractivity contribution in [1.82, 2.24) is 4.57 Å². The highest BCUT2D eigenvalue weighted by molar-refractivity contribution is 7.07. The SMILES string of the molecule is CCOc1ccc(/C=c2/sc3n(c2=O)[C@H](c2ccc(OC(C)=O)c(OC)c2)C(C(=O)OCC(C)C)=C(C)N=3)cc1OC. The van der Waals surface area contributed by atoms with E-state index >= 15 is 0 Å². The lowest BCUT2D eigenvalue weighted by Gasteiger charge is -2.25. The first-order valence-electron chi connectivity index (χ1n) is 13.4. The molecule has 2 heterocycles. The van der Waals surface area contributed by atoms with Crippen molar-refractivity contribution in [1.29, 1.82) is 0 Å². The van der Waals surface area contributed by atoms with Crippen LogP contribution in [0, 0.1) is 5.92 Å². The first kappa shape index (κ1) is 30.6. The lowest BCUT2D eigenvalue weighted by molar-refractivity contribution is -0.140. The summed E-state index contributed by atoms with van der Waals surface area (Å²) in [7, 11) is 3.00. The van der Waals surface area contributed by atoms with Gasteiger partial charge in [-0.05, 0) is 61.2 Å². The molecule has 1 aliphatic rings. The number of allylic oxidation sites excluding steroid dienone is 1. The minimum atomic E-state index is -0.863. The molecule has 0 fully saturated rings. The standard InChI is InChI=1S/C31H34N2O8S/c1-8-39-22-11-9-20(13-24(22)37-6)14-26-29(35)33-28(21-10-12-23(41-19(5)34)25(15-21)38-7)27(18(4)32-31(33)42-26)30(36)40-16-17(2)3/h9-15,17,28H,8,16H2,1-7H3/b26-14+/t28-/m1/s1. The Balaban J connectivity index is 1.90. The first-order chi connectivity index (χ1) is 20.1. The number of aromatic nitrogens is 1. The summed E-state index contributed by atoms with van der Waals surface area (Å²) in [5, 5.41) is 0. The highest BCUT2D eigenvalue weighted by atomic mass is 32.1. The smallest absolute Gasteiger partial charge is 0.338 e. The van der Waals surface area contributed by atoms with Gasteiger partial charge in [0.25, 0.3) is 5.56 Å². The highest BCUT2D eigenvalue weighted by Gasteiger charge is 2.34. The second-order valence-electron chi connectivity index (χ2n) is 9.92. The first-order valence-corrected chi connectivity index (χ1v) is 14.3. The molecule has 1 aromatic heterocycles. The monoisotopic (exact) mass is 594 g/mol. The highest BCUT2D eigenvalue weighted by Crippen LogP contribution is 2.36. The third kappa shape index (κ3) is 6.41. The lowest BCUT2D eigenvalue weighted by Crippen LogP contribution is -2.40. The van der Waals surface area contributed by atoms with Gasteiger partial charge < -0.3 is 23.7 Å². The maximum atomic E-state index is 14.0. The maximum Gasteiger partial charge on any atom is 0.338 e. The third-order valence-electron chi connectivity index (χ3n) is 6.33. The summed E-state index contributed by atoms with van der Waals surface area (Å²) in [6.45, 7) is 9.48. The molecule has 0 amide bonds. The van der Waals surface area contributed by atoms with Gasteiger partial charge in [-0.15, -0.1) is 0 Å². The molecule has 3 aromatic rings. The molecule has 0 saturated carbocycles. The van der Waals surface area contributed by atoms with Crippen molar-refractivity contribution < 1.29 is 33.3 Å². The van der Waals surface area contributed by atoms with Crippen LogP contribution in [0.4, 0.5) is 0 Å². The summed E-state index contributed by atoms with van der Waals surface area (Å²) in [4.78, 5) is 44.1. The molecule has 0 aliphatic carbocycles. The minimum absolute atomic E-state index is 0.115. The van der Waals surface area contributed by atoms with Gasteiger partial charge in [-0.1, -0.05) is 37.3 Å². The van der Waals surface area contributed by atoms with Gasteiger partial charge in [0, 0.05) is 6.92 Å². The van der Waals surface area contributed by atoms with E-state index in [1.54, 1.807) is 50.4 Å². The normalized spacial score (nSPS) is 14.8. The number of rotatable bonds is 10.